The number of benzene rings is 1. The fourth-order valence-corrected chi connectivity index (χ4v) is 4.33. The van der Waals surface area contributed by atoms with Gasteiger partial charge in [0.25, 0.3) is 5.91 Å². The lowest BCUT2D eigenvalue weighted by Crippen LogP contribution is -2.38. The first-order valence-corrected chi connectivity index (χ1v) is 11.8. The lowest BCUT2D eigenvalue weighted by molar-refractivity contribution is -0.0502. The van der Waals surface area contributed by atoms with Crippen LogP contribution in [0.25, 0.3) is 16.9 Å². The van der Waals surface area contributed by atoms with E-state index in [4.69, 9.17) is 14.2 Å². The van der Waals surface area contributed by atoms with Crippen LogP contribution in [-0.4, -0.2) is 54.2 Å². The second kappa shape index (κ2) is 10.1. The third-order valence-electron chi connectivity index (χ3n) is 6.29. The highest BCUT2D eigenvalue weighted by molar-refractivity contribution is 6.01. The van der Waals surface area contributed by atoms with E-state index in [1.165, 1.54) is 26.0 Å². The first-order valence-electron chi connectivity index (χ1n) is 11.8. The molecule has 8 nitrogen and oxygen atoms in total. The van der Waals surface area contributed by atoms with Crippen LogP contribution in [0.3, 0.4) is 0 Å². The smallest absolute Gasteiger partial charge is 0.387 e. The molecule has 2 fully saturated rings. The summed E-state index contributed by atoms with van der Waals surface area (Å²) < 4.78 is 44.4. The van der Waals surface area contributed by atoms with Crippen LogP contribution < -0.4 is 24.8 Å². The molecule has 2 aliphatic rings. The highest BCUT2D eigenvalue weighted by Gasteiger charge is 2.29. The molecule has 2 aromatic heterocycles. The van der Waals surface area contributed by atoms with E-state index < -0.39 is 12.5 Å². The maximum atomic E-state index is 13.2. The lowest BCUT2D eigenvalue weighted by atomic mass is 10.1. The van der Waals surface area contributed by atoms with Crippen LogP contribution >= 0.6 is 0 Å². The summed E-state index contributed by atoms with van der Waals surface area (Å²) in [5.74, 6) is 0.0981. The van der Waals surface area contributed by atoms with Crippen LogP contribution in [-0.2, 0) is 0 Å². The molecule has 1 unspecified atom stereocenters. The zero-order chi connectivity index (χ0) is 24.4. The van der Waals surface area contributed by atoms with Gasteiger partial charge in [0.05, 0.1) is 19.0 Å². The first-order chi connectivity index (χ1) is 17.0. The van der Waals surface area contributed by atoms with E-state index >= 15 is 0 Å². The molecule has 1 atom stereocenters. The van der Waals surface area contributed by atoms with Gasteiger partial charge in [-0.1, -0.05) is 6.42 Å². The molecule has 2 N–H and O–H groups in total. The number of carbonyl (C=O) groups excluding carboxylic acids is 1. The van der Waals surface area contributed by atoms with E-state index in [-0.39, 0.29) is 23.1 Å². The molecule has 1 amide bonds. The molecule has 35 heavy (non-hydrogen) atoms. The van der Waals surface area contributed by atoms with E-state index in [9.17, 15) is 13.6 Å². The number of hydrogen-bond donors (Lipinski definition) is 2. The Bertz CT molecular complexity index is 1210. The quantitative estimate of drug-likeness (QED) is 0.475. The number of fused-ring (bicyclic) bond motifs is 1. The average Bonchev–Trinajstić information content (AvgIpc) is 3.57. The van der Waals surface area contributed by atoms with Crippen molar-refractivity contribution in [2.45, 2.75) is 50.8 Å². The molecule has 0 spiro atoms. The third-order valence-corrected chi connectivity index (χ3v) is 6.29. The summed E-state index contributed by atoms with van der Waals surface area (Å²) in [5, 5.41) is 6.26. The van der Waals surface area contributed by atoms with Gasteiger partial charge in [0.1, 0.15) is 35.1 Å². The van der Waals surface area contributed by atoms with Crippen LogP contribution in [0.5, 0.6) is 17.2 Å². The second-order valence-electron chi connectivity index (χ2n) is 8.87. The van der Waals surface area contributed by atoms with Crippen molar-refractivity contribution in [3.05, 3.63) is 42.2 Å². The number of carbonyl (C=O) groups is 1. The highest BCUT2D eigenvalue weighted by Crippen LogP contribution is 2.37. The predicted molar refractivity (Wildman–Crippen MR) is 125 cm³/mol. The fourth-order valence-electron chi connectivity index (χ4n) is 4.33. The summed E-state index contributed by atoms with van der Waals surface area (Å²) in [6, 6.07) is 7.10. The van der Waals surface area contributed by atoms with Gasteiger partial charge < -0.3 is 24.8 Å². The Hall–Kier alpha value is -3.40. The number of piperidine rings is 1. The molecule has 1 saturated heterocycles. The minimum absolute atomic E-state index is 0.0513. The number of pyridine rings is 1. The Balaban J connectivity index is 1.44. The van der Waals surface area contributed by atoms with Crippen LogP contribution in [0.15, 0.2) is 36.7 Å². The van der Waals surface area contributed by atoms with Crippen molar-refractivity contribution in [3.8, 4) is 28.5 Å². The maximum Gasteiger partial charge on any atom is 0.387 e. The highest BCUT2D eigenvalue weighted by atomic mass is 19.3. The molecule has 10 heteroatoms. The normalized spacial score (nSPS) is 18.0. The van der Waals surface area contributed by atoms with E-state index in [2.05, 4.69) is 15.6 Å². The van der Waals surface area contributed by atoms with Gasteiger partial charge in [-0.05, 0) is 50.4 Å². The summed E-state index contributed by atoms with van der Waals surface area (Å²) >= 11 is 0. The van der Waals surface area contributed by atoms with Crippen LogP contribution in [0.1, 0.15) is 42.5 Å². The van der Waals surface area contributed by atoms with Gasteiger partial charge in [-0.2, -0.15) is 8.78 Å². The predicted octanol–water partition coefficient (Wildman–Crippen LogP) is 4.02. The van der Waals surface area contributed by atoms with Gasteiger partial charge >= 0.3 is 6.61 Å². The minimum Gasteiger partial charge on any atom is -0.496 e. The Morgan fingerprint density at radius 3 is 2.77 bits per heavy atom. The largest absolute Gasteiger partial charge is 0.496 e. The number of rotatable bonds is 9. The Morgan fingerprint density at radius 2 is 2.06 bits per heavy atom. The summed E-state index contributed by atoms with van der Waals surface area (Å²) in [6.45, 7) is -1.50. The van der Waals surface area contributed by atoms with Crippen molar-refractivity contribution in [3.63, 3.8) is 0 Å². The summed E-state index contributed by atoms with van der Waals surface area (Å²) in [6.07, 6.45) is 8.66. The van der Waals surface area contributed by atoms with Crippen molar-refractivity contribution in [1.29, 1.82) is 0 Å². The third kappa shape index (κ3) is 5.32. The average molecular weight is 487 g/mol. The second-order valence-corrected chi connectivity index (χ2v) is 8.87. The number of halogens is 2. The molecular formula is C25H28F2N4O4. The zero-order valence-electron chi connectivity index (χ0n) is 19.4. The molecular weight excluding hydrogens is 458 g/mol. The van der Waals surface area contributed by atoms with Gasteiger partial charge in [-0.3, -0.25) is 9.20 Å². The molecule has 3 heterocycles. The van der Waals surface area contributed by atoms with Crippen LogP contribution in [0, 0.1) is 0 Å². The number of amides is 1. The summed E-state index contributed by atoms with van der Waals surface area (Å²) in [7, 11) is 1.39. The molecule has 3 aromatic rings. The van der Waals surface area contributed by atoms with Gasteiger partial charge in [-0.15, -0.1) is 0 Å². The van der Waals surface area contributed by atoms with Crippen LogP contribution in [0.4, 0.5) is 8.78 Å². The monoisotopic (exact) mass is 486 g/mol. The molecule has 5 rings (SSSR count). The standard InChI is InChI=1S/C25H28F2N4O4/c1-33-20-10-15(11-21(35-25(26)27)23(20)24(32)30-16-5-6-16)19-13-29-22-12-18(7-9-31(19)22)34-14-17-4-2-3-8-28-17/h7,9-13,16-17,25,28H,2-6,8,14H2,1H3,(H,30,32). The van der Waals surface area contributed by atoms with Gasteiger partial charge in [-0.25, -0.2) is 4.98 Å². The number of ether oxygens (including phenoxy) is 3. The molecule has 1 aliphatic heterocycles. The Labute approximate surface area is 201 Å². The van der Waals surface area contributed by atoms with Gasteiger partial charge in [0, 0.05) is 29.9 Å². The minimum atomic E-state index is -3.09. The number of nitrogens with one attached hydrogen (secondary N) is 2. The van der Waals surface area contributed by atoms with Crippen molar-refractivity contribution >= 4 is 11.6 Å². The molecule has 1 saturated carbocycles. The van der Waals surface area contributed by atoms with Gasteiger partial charge in [0.15, 0.2) is 0 Å². The van der Waals surface area contributed by atoms with E-state index in [0.29, 0.717) is 35.3 Å². The van der Waals surface area contributed by atoms with Gasteiger partial charge in [0.2, 0.25) is 0 Å². The molecule has 1 aromatic carbocycles. The van der Waals surface area contributed by atoms with Crippen LogP contribution in [0.2, 0.25) is 0 Å². The zero-order valence-corrected chi connectivity index (χ0v) is 19.4. The van der Waals surface area contributed by atoms with E-state index in [1.807, 2.05) is 22.7 Å². The number of nitrogens with zero attached hydrogens (tertiary/aromatic N) is 2. The van der Waals surface area contributed by atoms with E-state index in [1.54, 1.807) is 12.3 Å². The molecule has 0 bridgehead atoms. The van der Waals surface area contributed by atoms with E-state index in [0.717, 1.165) is 25.8 Å². The topological polar surface area (TPSA) is 86.1 Å². The number of imidazole rings is 1. The first kappa shape index (κ1) is 23.3. The van der Waals surface area contributed by atoms with Crippen molar-refractivity contribution in [1.82, 2.24) is 20.0 Å². The number of aromatic nitrogens is 2. The molecule has 186 valence electrons. The molecule has 0 radical (unpaired) electrons. The Morgan fingerprint density at radius 1 is 1.23 bits per heavy atom. The lowest BCUT2D eigenvalue weighted by Gasteiger charge is -2.23. The SMILES string of the molecule is COc1cc(-c2cnc3cc(OCC4CCCCN4)ccn23)cc(OC(F)F)c1C(=O)NC1CC1. The number of hydrogen-bond acceptors (Lipinski definition) is 6. The summed E-state index contributed by atoms with van der Waals surface area (Å²) in [4.78, 5) is 17.2. The fraction of sp³-hybridized carbons (Fsp3) is 0.440. The van der Waals surface area contributed by atoms with Crippen molar-refractivity contribution in [2.24, 2.45) is 0 Å². The molecule has 1 aliphatic carbocycles. The van der Waals surface area contributed by atoms with Crippen molar-refractivity contribution < 1.29 is 27.8 Å². The maximum absolute atomic E-state index is 13.2. The number of alkyl halides is 2. The van der Waals surface area contributed by atoms with Crippen molar-refractivity contribution in [2.75, 3.05) is 20.3 Å². The number of methoxy groups -OCH3 is 1. The Kier molecular flexibility index (Phi) is 6.72. The summed E-state index contributed by atoms with van der Waals surface area (Å²) in [5.41, 5.74) is 1.74.